The highest BCUT2D eigenvalue weighted by Crippen LogP contribution is 2.41. The fraction of sp³-hybridized carbons (Fsp3) is 0.562. The third-order valence-electron chi connectivity index (χ3n) is 4.65. The van der Waals surface area contributed by atoms with Gasteiger partial charge in [0.05, 0.1) is 11.0 Å². The smallest absolute Gasteiger partial charge is 0.201 e. The van der Waals surface area contributed by atoms with Crippen molar-refractivity contribution < 1.29 is 4.39 Å². The highest BCUT2D eigenvalue weighted by Gasteiger charge is 2.31. The van der Waals surface area contributed by atoms with Gasteiger partial charge in [-0.15, -0.1) is 0 Å². The van der Waals surface area contributed by atoms with E-state index < -0.39 is 0 Å². The molecule has 0 bridgehead atoms. The summed E-state index contributed by atoms with van der Waals surface area (Å²) in [5.74, 6) is 1.48. The van der Waals surface area contributed by atoms with E-state index in [4.69, 9.17) is 5.73 Å². The molecule has 1 aliphatic rings. The molecule has 2 atom stereocenters. The molecule has 108 valence electrons. The average Bonchev–Trinajstić information content (AvgIpc) is 2.74. The summed E-state index contributed by atoms with van der Waals surface area (Å²) in [5.41, 5.74) is 7.75. The lowest BCUT2D eigenvalue weighted by atomic mass is 9.77. The zero-order valence-electron chi connectivity index (χ0n) is 12.1. The largest absolute Gasteiger partial charge is 0.369 e. The first-order valence-electron chi connectivity index (χ1n) is 7.51. The number of hydrogen-bond acceptors (Lipinski definition) is 2. The van der Waals surface area contributed by atoms with Gasteiger partial charge in [-0.05, 0) is 42.9 Å². The van der Waals surface area contributed by atoms with Crippen LogP contribution in [0, 0.1) is 17.7 Å². The number of rotatable bonds is 2. The lowest BCUT2D eigenvalue weighted by molar-refractivity contribution is 0.189. The van der Waals surface area contributed by atoms with E-state index in [1.54, 1.807) is 12.1 Å². The fourth-order valence-corrected chi connectivity index (χ4v) is 3.67. The Hall–Kier alpha value is -1.58. The minimum Gasteiger partial charge on any atom is -0.369 e. The van der Waals surface area contributed by atoms with E-state index in [-0.39, 0.29) is 5.82 Å². The van der Waals surface area contributed by atoms with Gasteiger partial charge in [0.15, 0.2) is 0 Å². The number of aromatic nitrogens is 2. The standard InChI is InChI=1S/C16H22FN3/c1-10(2)12-5-3-4-6-14(12)20-15-9-11(17)7-8-13(15)19-16(20)18/h7-10,12,14H,3-6H2,1-2H3,(H2,18,19). The number of nitrogens with zero attached hydrogens (tertiary/aromatic N) is 2. The van der Waals surface area contributed by atoms with E-state index in [9.17, 15) is 4.39 Å². The molecule has 0 radical (unpaired) electrons. The minimum absolute atomic E-state index is 0.226. The summed E-state index contributed by atoms with van der Waals surface area (Å²) in [7, 11) is 0. The van der Waals surface area contributed by atoms with Crippen molar-refractivity contribution in [3.8, 4) is 0 Å². The Morgan fingerprint density at radius 1 is 1.30 bits per heavy atom. The predicted molar refractivity (Wildman–Crippen MR) is 79.9 cm³/mol. The molecular weight excluding hydrogens is 253 g/mol. The molecule has 0 spiro atoms. The van der Waals surface area contributed by atoms with Crippen molar-refractivity contribution in [3.63, 3.8) is 0 Å². The zero-order valence-corrected chi connectivity index (χ0v) is 12.1. The van der Waals surface area contributed by atoms with Crippen LogP contribution < -0.4 is 5.73 Å². The van der Waals surface area contributed by atoms with Crippen LogP contribution in [0.5, 0.6) is 0 Å². The summed E-state index contributed by atoms with van der Waals surface area (Å²) in [6.45, 7) is 4.53. The quantitative estimate of drug-likeness (QED) is 0.895. The third kappa shape index (κ3) is 2.17. The van der Waals surface area contributed by atoms with Crippen molar-refractivity contribution in [1.82, 2.24) is 9.55 Å². The maximum atomic E-state index is 13.6. The van der Waals surface area contributed by atoms with E-state index in [1.165, 1.54) is 25.3 Å². The molecule has 1 saturated carbocycles. The van der Waals surface area contributed by atoms with Gasteiger partial charge >= 0.3 is 0 Å². The molecule has 2 unspecified atom stereocenters. The number of halogens is 1. The summed E-state index contributed by atoms with van der Waals surface area (Å²) in [4.78, 5) is 4.40. The second-order valence-electron chi connectivity index (χ2n) is 6.23. The Morgan fingerprint density at radius 3 is 2.80 bits per heavy atom. The molecule has 3 rings (SSSR count). The van der Waals surface area contributed by atoms with Crippen molar-refractivity contribution in [2.24, 2.45) is 11.8 Å². The monoisotopic (exact) mass is 275 g/mol. The van der Waals surface area contributed by atoms with Crippen molar-refractivity contribution in [2.75, 3.05) is 5.73 Å². The molecule has 2 aromatic rings. The number of benzene rings is 1. The van der Waals surface area contributed by atoms with Gasteiger partial charge in [0, 0.05) is 6.04 Å². The molecule has 0 aliphatic heterocycles. The van der Waals surface area contributed by atoms with Gasteiger partial charge in [0.1, 0.15) is 5.82 Å². The van der Waals surface area contributed by atoms with Crippen LogP contribution in [0.4, 0.5) is 10.3 Å². The Labute approximate surface area is 119 Å². The molecule has 1 aliphatic carbocycles. The summed E-state index contributed by atoms with van der Waals surface area (Å²) >= 11 is 0. The van der Waals surface area contributed by atoms with Crippen molar-refractivity contribution in [2.45, 2.75) is 45.6 Å². The number of imidazole rings is 1. The molecule has 2 N–H and O–H groups in total. The summed E-state index contributed by atoms with van der Waals surface area (Å²) in [5, 5.41) is 0. The first-order valence-corrected chi connectivity index (χ1v) is 7.51. The van der Waals surface area contributed by atoms with Crippen LogP contribution in [-0.4, -0.2) is 9.55 Å². The van der Waals surface area contributed by atoms with Crippen LogP contribution in [0.1, 0.15) is 45.6 Å². The number of hydrogen-bond donors (Lipinski definition) is 1. The number of nitrogens with two attached hydrogens (primary N) is 1. The van der Waals surface area contributed by atoms with E-state index in [1.807, 2.05) is 0 Å². The average molecular weight is 275 g/mol. The molecule has 1 aromatic heterocycles. The fourth-order valence-electron chi connectivity index (χ4n) is 3.67. The van der Waals surface area contributed by atoms with Crippen molar-refractivity contribution >= 4 is 17.0 Å². The summed E-state index contributed by atoms with van der Waals surface area (Å²) in [6.07, 6.45) is 4.81. The second kappa shape index (κ2) is 5.08. The highest BCUT2D eigenvalue weighted by atomic mass is 19.1. The maximum Gasteiger partial charge on any atom is 0.201 e. The van der Waals surface area contributed by atoms with Gasteiger partial charge in [-0.1, -0.05) is 26.7 Å². The third-order valence-corrected chi connectivity index (χ3v) is 4.65. The molecular formula is C16H22FN3. The predicted octanol–water partition coefficient (Wildman–Crippen LogP) is 4.14. The number of anilines is 1. The zero-order chi connectivity index (χ0) is 14.3. The van der Waals surface area contributed by atoms with Crippen molar-refractivity contribution in [1.29, 1.82) is 0 Å². The van der Waals surface area contributed by atoms with Gasteiger partial charge in [-0.2, -0.15) is 0 Å². The van der Waals surface area contributed by atoms with E-state index in [2.05, 4.69) is 23.4 Å². The van der Waals surface area contributed by atoms with Crippen LogP contribution in [-0.2, 0) is 0 Å². The van der Waals surface area contributed by atoms with E-state index >= 15 is 0 Å². The number of nitrogen functional groups attached to an aromatic ring is 1. The first kappa shape index (κ1) is 13.4. The van der Waals surface area contributed by atoms with Gasteiger partial charge < -0.3 is 10.3 Å². The van der Waals surface area contributed by atoms with Gasteiger partial charge in [-0.25, -0.2) is 9.37 Å². The Kier molecular flexibility index (Phi) is 3.40. The van der Waals surface area contributed by atoms with Gasteiger partial charge in [0.25, 0.3) is 0 Å². The highest BCUT2D eigenvalue weighted by molar-refractivity contribution is 5.78. The van der Waals surface area contributed by atoms with Crippen molar-refractivity contribution in [3.05, 3.63) is 24.0 Å². The van der Waals surface area contributed by atoms with Crippen LogP contribution in [0.25, 0.3) is 11.0 Å². The molecule has 1 fully saturated rings. The Bertz CT molecular complexity index is 617. The lowest BCUT2D eigenvalue weighted by Gasteiger charge is -2.36. The summed E-state index contributed by atoms with van der Waals surface area (Å²) in [6, 6.07) is 5.06. The first-order chi connectivity index (χ1) is 9.58. The van der Waals surface area contributed by atoms with Crippen LogP contribution in [0.3, 0.4) is 0 Å². The van der Waals surface area contributed by atoms with Crippen LogP contribution in [0.2, 0.25) is 0 Å². The Balaban J connectivity index is 2.12. The minimum atomic E-state index is -0.226. The normalized spacial score (nSPS) is 23.6. The second-order valence-corrected chi connectivity index (χ2v) is 6.23. The lowest BCUT2D eigenvalue weighted by Crippen LogP contribution is -2.27. The Morgan fingerprint density at radius 2 is 2.05 bits per heavy atom. The van der Waals surface area contributed by atoms with Gasteiger partial charge in [0.2, 0.25) is 5.95 Å². The number of fused-ring (bicyclic) bond motifs is 1. The summed E-state index contributed by atoms with van der Waals surface area (Å²) < 4.78 is 15.6. The molecule has 0 amide bonds. The topological polar surface area (TPSA) is 43.8 Å². The molecule has 1 aromatic carbocycles. The van der Waals surface area contributed by atoms with Gasteiger partial charge in [-0.3, -0.25) is 0 Å². The van der Waals surface area contributed by atoms with Crippen LogP contribution >= 0.6 is 0 Å². The SMILES string of the molecule is CC(C)C1CCCCC1n1c(N)nc2ccc(F)cc21. The van der Waals surface area contributed by atoms with E-state index in [0.717, 1.165) is 17.5 Å². The molecule has 20 heavy (non-hydrogen) atoms. The molecule has 0 saturated heterocycles. The molecule has 1 heterocycles. The molecule has 3 nitrogen and oxygen atoms in total. The molecule has 4 heteroatoms. The van der Waals surface area contributed by atoms with Crippen LogP contribution in [0.15, 0.2) is 18.2 Å². The maximum absolute atomic E-state index is 13.6. The van der Waals surface area contributed by atoms with E-state index in [0.29, 0.717) is 23.8 Å².